The molecule has 0 saturated carbocycles. The van der Waals surface area contributed by atoms with E-state index in [0.717, 1.165) is 6.67 Å². The van der Waals surface area contributed by atoms with E-state index in [-0.39, 0.29) is 0 Å². The zero-order chi connectivity index (χ0) is 9.78. The van der Waals surface area contributed by atoms with Crippen LogP contribution in [0, 0.1) is 0 Å². The normalized spacial score (nSPS) is 16.0. The first-order chi connectivity index (χ1) is 5.29. The molecule has 1 heterocycles. The second kappa shape index (κ2) is 4.32. The predicted molar refractivity (Wildman–Crippen MR) is 47.0 cm³/mol. The van der Waals surface area contributed by atoms with Gasteiger partial charge in [0.05, 0.1) is 12.9 Å². The molecule has 1 N–H and O–H groups in total. The molecule has 0 aromatic heterocycles. The Hall–Kier alpha value is -0.750. The minimum absolute atomic E-state index is 0.715. The van der Waals surface area contributed by atoms with Crippen LogP contribution in [0.1, 0.15) is 0 Å². The highest BCUT2D eigenvalue weighted by Crippen LogP contribution is 1.97. The van der Waals surface area contributed by atoms with Gasteiger partial charge in [-0.3, -0.25) is 4.55 Å². The quantitative estimate of drug-likeness (QED) is 0.541. The van der Waals surface area contributed by atoms with Gasteiger partial charge in [-0.25, -0.2) is 0 Å². The van der Waals surface area contributed by atoms with E-state index in [1.807, 2.05) is 0 Å². The van der Waals surface area contributed by atoms with Gasteiger partial charge in [0.2, 0.25) is 0 Å². The van der Waals surface area contributed by atoms with E-state index in [0.29, 0.717) is 6.26 Å². The van der Waals surface area contributed by atoms with Crippen molar-refractivity contribution in [3.63, 3.8) is 0 Å². The maximum atomic E-state index is 9.19. The first-order valence-corrected chi connectivity index (χ1v) is 5.15. The molecule has 6 heteroatoms. The lowest BCUT2D eigenvalue weighted by molar-refractivity contribution is 0.340. The molecule has 0 amide bonds. The van der Waals surface area contributed by atoms with E-state index in [9.17, 15) is 8.42 Å². The molecular formula is C6H14N2O3S. The SMILES string of the molecule is CN1C=CN(C)C1.CS(=O)(=O)O. The monoisotopic (exact) mass is 194 g/mol. The fraction of sp³-hybridized carbons (Fsp3) is 0.667. The van der Waals surface area contributed by atoms with Crippen molar-refractivity contribution in [1.82, 2.24) is 9.80 Å². The third kappa shape index (κ3) is 9.25. The van der Waals surface area contributed by atoms with Gasteiger partial charge in [-0.15, -0.1) is 0 Å². The molecule has 0 spiro atoms. The molecule has 0 bridgehead atoms. The molecule has 1 aliphatic heterocycles. The van der Waals surface area contributed by atoms with Crippen LogP contribution in [0.4, 0.5) is 0 Å². The van der Waals surface area contributed by atoms with E-state index >= 15 is 0 Å². The van der Waals surface area contributed by atoms with Crippen LogP contribution in [0.25, 0.3) is 0 Å². The van der Waals surface area contributed by atoms with Crippen molar-refractivity contribution in [2.75, 3.05) is 27.0 Å². The van der Waals surface area contributed by atoms with E-state index in [2.05, 4.69) is 36.3 Å². The standard InChI is InChI=1S/C5H10N2.CH4O3S/c1-6-3-4-7(2)5-6;1-5(2,3)4/h3-4H,5H2,1-2H3;1H3,(H,2,3,4). The van der Waals surface area contributed by atoms with E-state index in [1.54, 1.807) is 0 Å². The van der Waals surface area contributed by atoms with E-state index in [1.165, 1.54) is 0 Å². The highest BCUT2D eigenvalue weighted by Gasteiger charge is 1.99. The summed E-state index contributed by atoms with van der Waals surface area (Å²) >= 11 is 0. The minimum Gasteiger partial charge on any atom is -0.362 e. The van der Waals surface area contributed by atoms with Crippen molar-refractivity contribution >= 4 is 10.1 Å². The van der Waals surface area contributed by atoms with Gasteiger partial charge in [-0.05, 0) is 0 Å². The molecule has 1 aliphatic rings. The van der Waals surface area contributed by atoms with E-state index < -0.39 is 10.1 Å². The van der Waals surface area contributed by atoms with Gasteiger partial charge < -0.3 is 9.80 Å². The van der Waals surface area contributed by atoms with Crippen molar-refractivity contribution in [3.05, 3.63) is 12.4 Å². The van der Waals surface area contributed by atoms with Gasteiger partial charge in [0.25, 0.3) is 10.1 Å². The van der Waals surface area contributed by atoms with Crippen molar-refractivity contribution in [3.8, 4) is 0 Å². The van der Waals surface area contributed by atoms with Crippen molar-refractivity contribution in [2.45, 2.75) is 0 Å². The first-order valence-electron chi connectivity index (χ1n) is 3.30. The number of rotatable bonds is 0. The van der Waals surface area contributed by atoms with Crippen LogP contribution in [0.5, 0.6) is 0 Å². The van der Waals surface area contributed by atoms with Crippen LogP contribution in [0.3, 0.4) is 0 Å². The molecule has 0 radical (unpaired) electrons. The lowest BCUT2D eigenvalue weighted by atomic mass is 10.9. The average molecular weight is 194 g/mol. The summed E-state index contributed by atoms with van der Waals surface area (Å²) in [6.07, 6.45) is 4.83. The smallest absolute Gasteiger partial charge is 0.261 e. The van der Waals surface area contributed by atoms with Gasteiger partial charge in [0.1, 0.15) is 0 Å². The summed E-state index contributed by atoms with van der Waals surface area (Å²) in [5, 5.41) is 0. The van der Waals surface area contributed by atoms with Gasteiger partial charge in [0.15, 0.2) is 0 Å². The summed E-state index contributed by atoms with van der Waals surface area (Å²) in [5.74, 6) is 0. The first kappa shape index (κ1) is 11.2. The van der Waals surface area contributed by atoms with Crippen LogP contribution in [0.15, 0.2) is 12.4 Å². The zero-order valence-corrected chi connectivity index (χ0v) is 8.24. The Morgan fingerprint density at radius 3 is 1.58 bits per heavy atom. The van der Waals surface area contributed by atoms with Crippen LogP contribution >= 0.6 is 0 Å². The third-order valence-electron chi connectivity index (χ3n) is 1.02. The van der Waals surface area contributed by atoms with Gasteiger partial charge in [-0.1, -0.05) is 0 Å². The molecule has 1 rings (SSSR count). The zero-order valence-electron chi connectivity index (χ0n) is 7.43. The topological polar surface area (TPSA) is 60.9 Å². The Morgan fingerprint density at radius 2 is 1.50 bits per heavy atom. The third-order valence-corrected chi connectivity index (χ3v) is 1.02. The fourth-order valence-electron chi connectivity index (χ4n) is 0.674. The Labute approximate surface area is 73.0 Å². The van der Waals surface area contributed by atoms with Crippen LogP contribution in [-0.2, 0) is 10.1 Å². The Balaban J connectivity index is 0.000000217. The number of hydrogen-bond acceptors (Lipinski definition) is 4. The predicted octanol–water partition coefficient (Wildman–Crippen LogP) is -0.204. The molecule has 72 valence electrons. The molecule has 0 unspecified atom stereocenters. The minimum atomic E-state index is -3.67. The van der Waals surface area contributed by atoms with Crippen molar-refractivity contribution in [1.29, 1.82) is 0 Å². The Bertz CT molecular complexity index is 230. The molecular weight excluding hydrogens is 180 g/mol. The fourth-order valence-corrected chi connectivity index (χ4v) is 0.674. The molecule has 0 saturated heterocycles. The molecule has 0 fully saturated rings. The van der Waals surface area contributed by atoms with Gasteiger partial charge >= 0.3 is 0 Å². The van der Waals surface area contributed by atoms with Crippen molar-refractivity contribution < 1.29 is 13.0 Å². The maximum absolute atomic E-state index is 9.19. The summed E-state index contributed by atoms with van der Waals surface area (Å²) in [6.45, 7) is 1.03. The van der Waals surface area contributed by atoms with Crippen LogP contribution < -0.4 is 0 Å². The summed E-state index contributed by atoms with van der Waals surface area (Å²) < 4.78 is 25.9. The Morgan fingerprint density at radius 1 is 1.25 bits per heavy atom. The Kier molecular flexibility index (Phi) is 4.05. The maximum Gasteiger partial charge on any atom is 0.261 e. The average Bonchev–Trinajstić information content (AvgIpc) is 2.09. The lowest BCUT2D eigenvalue weighted by Crippen LogP contribution is -2.17. The molecule has 0 aliphatic carbocycles. The highest BCUT2D eigenvalue weighted by molar-refractivity contribution is 7.85. The van der Waals surface area contributed by atoms with Gasteiger partial charge in [-0.2, -0.15) is 8.42 Å². The number of hydrogen-bond donors (Lipinski definition) is 1. The number of nitrogens with zero attached hydrogens (tertiary/aromatic N) is 2. The van der Waals surface area contributed by atoms with Crippen molar-refractivity contribution in [2.24, 2.45) is 0 Å². The molecule has 5 nitrogen and oxygen atoms in total. The van der Waals surface area contributed by atoms with E-state index in [4.69, 9.17) is 4.55 Å². The summed E-state index contributed by atoms with van der Waals surface area (Å²) in [6, 6.07) is 0. The highest BCUT2D eigenvalue weighted by atomic mass is 32.2. The summed E-state index contributed by atoms with van der Waals surface area (Å²) in [4.78, 5) is 4.25. The molecule has 0 atom stereocenters. The largest absolute Gasteiger partial charge is 0.362 e. The molecule has 12 heavy (non-hydrogen) atoms. The summed E-state index contributed by atoms with van der Waals surface area (Å²) in [7, 11) is 0.444. The second-order valence-corrected chi connectivity index (χ2v) is 4.15. The van der Waals surface area contributed by atoms with Gasteiger partial charge in [0, 0.05) is 26.5 Å². The summed E-state index contributed by atoms with van der Waals surface area (Å²) in [5.41, 5.74) is 0. The molecule has 0 aromatic carbocycles. The van der Waals surface area contributed by atoms with Crippen LogP contribution in [0.2, 0.25) is 0 Å². The lowest BCUT2D eigenvalue weighted by Gasteiger charge is -2.10. The van der Waals surface area contributed by atoms with Crippen LogP contribution in [-0.4, -0.2) is 49.8 Å². The second-order valence-electron chi connectivity index (χ2n) is 2.69. The molecule has 0 aromatic rings.